The zero-order valence-electron chi connectivity index (χ0n) is 12.5. The third-order valence-corrected chi connectivity index (χ3v) is 3.78. The molecule has 0 unspecified atom stereocenters. The maximum atomic E-state index is 4.71. The summed E-state index contributed by atoms with van der Waals surface area (Å²) in [7, 11) is 0. The van der Waals surface area contributed by atoms with E-state index < -0.39 is 0 Å². The van der Waals surface area contributed by atoms with Crippen LogP contribution in [0.4, 0.5) is 5.69 Å². The van der Waals surface area contributed by atoms with Gasteiger partial charge in [0.2, 0.25) is 0 Å². The standard InChI is InChI=1S/C20H15N3/c1-2-8-15(9-3-1)14-21-23-20-16-10-4-6-12-18(16)22-19-13-7-5-11-17(19)20/h1-14H,(H,22,23)/b21-14+. The zero-order chi connectivity index (χ0) is 15.5. The Morgan fingerprint density at radius 2 is 1.26 bits per heavy atom. The summed E-state index contributed by atoms with van der Waals surface area (Å²) >= 11 is 0. The molecule has 0 saturated heterocycles. The predicted molar refractivity (Wildman–Crippen MR) is 96.9 cm³/mol. The number of hydrogen-bond acceptors (Lipinski definition) is 3. The Bertz CT molecular complexity index is 937. The van der Waals surface area contributed by atoms with Crippen molar-refractivity contribution < 1.29 is 0 Å². The molecule has 0 saturated carbocycles. The van der Waals surface area contributed by atoms with Crippen LogP contribution in [0, 0.1) is 0 Å². The molecule has 3 aromatic carbocycles. The second-order valence-corrected chi connectivity index (χ2v) is 5.30. The van der Waals surface area contributed by atoms with Crippen LogP contribution in [0.3, 0.4) is 0 Å². The Kier molecular flexibility index (Phi) is 3.45. The van der Waals surface area contributed by atoms with Gasteiger partial charge in [-0.2, -0.15) is 5.10 Å². The smallest absolute Gasteiger partial charge is 0.0749 e. The monoisotopic (exact) mass is 297 g/mol. The summed E-state index contributed by atoms with van der Waals surface area (Å²) in [5.74, 6) is 0. The van der Waals surface area contributed by atoms with Crippen LogP contribution in [-0.4, -0.2) is 11.2 Å². The average molecular weight is 297 g/mol. The molecule has 3 heteroatoms. The molecule has 23 heavy (non-hydrogen) atoms. The van der Waals surface area contributed by atoms with Crippen LogP contribution in [0.25, 0.3) is 21.8 Å². The van der Waals surface area contributed by atoms with Gasteiger partial charge in [-0.25, -0.2) is 4.98 Å². The number of benzene rings is 3. The lowest BCUT2D eigenvalue weighted by molar-refractivity contribution is 1.36. The van der Waals surface area contributed by atoms with Gasteiger partial charge in [-0.15, -0.1) is 0 Å². The van der Waals surface area contributed by atoms with Gasteiger partial charge in [-0.3, -0.25) is 5.43 Å². The normalized spacial score (nSPS) is 11.3. The van der Waals surface area contributed by atoms with Gasteiger partial charge in [-0.05, 0) is 17.7 Å². The van der Waals surface area contributed by atoms with E-state index in [4.69, 9.17) is 4.98 Å². The highest BCUT2D eigenvalue weighted by molar-refractivity contribution is 6.07. The molecule has 0 aliphatic rings. The lowest BCUT2D eigenvalue weighted by Gasteiger charge is -2.09. The maximum Gasteiger partial charge on any atom is 0.0749 e. The van der Waals surface area contributed by atoms with Gasteiger partial charge in [0.15, 0.2) is 0 Å². The van der Waals surface area contributed by atoms with Gasteiger partial charge in [-0.1, -0.05) is 66.7 Å². The zero-order valence-corrected chi connectivity index (χ0v) is 12.5. The number of para-hydroxylation sites is 2. The van der Waals surface area contributed by atoms with Crippen molar-refractivity contribution in [2.24, 2.45) is 5.10 Å². The van der Waals surface area contributed by atoms with Crippen molar-refractivity contribution in [2.75, 3.05) is 5.43 Å². The predicted octanol–water partition coefficient (Wildman–Crippen LogP) is 4.83. The molecule has 0 radical (unpaired) electrons. The minimum Gasteiger partial charge on any atom is -0.277 e. The molecule has 4 aromatic rings. The van der Waals surface area contributed by atoms with Crippen molar-refractivity contribution in [1.29, 1.82) is 0 Å². The summed E-state index contributed by atoms with van der Waals surface area (Å²) in [6, 6.07) is 26.2. The number of nitrogens with one attached hydrogen (secondary N) is 1. The first-order chi connectivity index (χ1) is 11.4. The molecule has 0 aliphatic carbocycles. The molecular formula is C20H15N3. The number of fused-ring (bicyclic) bond motifs is 2. The van der Waals surface area contributed by atoms with Crippen LogP contribution in [0.1, 0.15) is 5.56 Å². The number of rotatable bonds is 3. The average Bonchev–Trinajstić information content (AvgIpc) is 2.62. The molecule has 0 atom stereocenters. The van der Waals surface area contributed by atoms with Gasteiger partial charge in [0.1, 0.15) is 0 Å². The fourth-order valence-electron chi connectivity index (χ4n) is 2.67. The summed E-state index contributed by atoms with van der Waals surface area (Å²) in [6.45, 7) is 0. The Morgan fingerprint density at radius 3 is 1.91 bits per heavy atom. The lowest BCUT2D eigenvalue weighted by Crippen LogP contribution is -1.95. The molecule has 1 heterocycles. The van der Waals surface area contributed by atoms with E-state index in [-0.39, 0.29) is 0 Å². The quantitative estimate of drug-likeness (QED) is 0.334. The second-order valence-electron chi connectivity index (χ2n) is 5.30. The van der Waals surface area contributed by atoms with Crippen LogP contribution in [0.5, 0.6) is 0 Å². The molecule has 4 rings (SSSR count). The van der Waals surface area contributed by atoms with Gasteiger partial charge in [0, 0.05) is 10.8 Å². The molecule has 0 spiro atoms. The topological polar surface area (TPSA) is 37.3 Å². The van der Waals surface area contributed by atoms with Crippen LogP contribution >= 0.6 is 0 Å². The third-order valence-electron chi connectivity index (χ3n) is 3.78. The Morgan fingerprint density at radius 1 is 0.696 bits per heavy atom. The molecule has 0 aliphatic heterocycles. The summed E-state index contributed by atoms with van der Waals surface area (Å²) in [6.07, 6.45) is 1.82. The molecular weight excluding hydrogens is 282 g/mol. The van der Waals surface area contributed by atoms with E-state index in [9.17, 15) is 0 Å². The van der Waals surface area contributed by atoms with Gasteiger partial charge in [0.25, 0.3) is 0 Å². The van der Waals surface area contributed by atoms with E-state index >= 15 is 0 Å². The Balaban J connectivity index is 1.81. The van der Waals surface area contributed by atoms with Crippen LogP contribution in [-0.2, 0) is 0 Å². The first-order valence-electron chi connectivity index (χ1n) is 7.53. The number of hydrogen-bond donors (Lipinski definition) is 1. The van der Waals surface area contributed by atoms with Crippen molar-refractivity contribution in [2.45, 2.75) is 0 Å². The summed E-state index contributed by atoms with van der Waals surface area (Å²) in [4.78, 5) is 4.71. The van der Waals surface area contributed by atoms with Crippen LogP contribution in [0.15, 0.2) is 84.0 Å². The van der Waals surface area contributed by atoms with Crippen molar-refractivity contribution in [3.05, 3.63) is 84.4 Å². The second kappa shape index (κ2) is 5.89. The van der Waals surface area contributed by atoms with E-state index in [0.29, 0.717) is 0 Å². The van der Waals surface area contributed by atoms with Crippen molar-refractivity contribution >= 4 is 33.7 Å². The van der Waals surface area contributed by atoms with Crippen LogP contribution in [0.2, 0.25) is 0 Å². The largest absolute Gasteiger partial charge is 0.277 e. The minimum atomic E-state index is 0.962. The molecule has 1 aromatic heterocycles. The van der Waals surface area contributed by atoms with E-state index in [1.165, 1.54) is 0 Å². The summed E-state index contributed by atoms with van der Waals surface area (Å²) in [5, 5.41) is 6.54. The van der Waals surface area contributed by atoms with E-state index in [1.807, 2.05) is 72.9 Å². The van der Waals surface area contributed by atoms with Gasteiger partial charge >= 0.3 is 0 Å². The Labute approximate surface area is 134 Å². The summed E-state index contributed by atoms with van der Waals surface area (Å²) < 4.78 is 0. The first kappa shape index (κ1) is 13.5. The summed E-state index contributed by atoms with van der Waals surface area (Å²) in [5.41, 5.74) is 7.17. The van der Waals surface area contributed by atoms with Crippen molar-refractivity contribution in [3.8, 4) is 0 Å². The van der Waals surface area contributed by atoms with Crippen molar-refractivity contribution in [3.63, 3.8) is 0 Å². The first-order valence-corrected chi connectivity index (χ1v) is 7.53. The number of anilines is 1. The van der Waals surface area contributed by atoms with Gasteiger partial charge < -0.3 is 0 Å². The van der Waals surface area contributed by atoms with Crippen molar-refractivity contribution in [1.82, 2.24) is 4.98 Å². The van der Waals surface area contributed by atoms with Gasteiger partial charge in [0.05, 0.1) is 22.9 Å². The molecule has 0 fully saturated rings. The maximum absolute atomic E-state index is 4.71. The van der Waals surface area contributed by atoms with E-state index in [2.05, 4.69) is 22.7 Å². The molecule has 3 nitrogen and oxygen atoms in total. The fraction of sp³-hybridized carbons (Fsp3) is 0. The molecule has 0 bridgehead atoms. The van der Waals surface area contributed by atoms with E-state index in [1.54, 1.807) is 0 Å². The number of nitrogens with zero attached hydrogens (tertiary/aromatic N) is 2. The minimum absolute atomic E-state index is 0.962. The lowest BCUT2D eigenvalue weighted by atomic mass is 10.1. The number of hydrazone groups is 1. The highest BCUT2D eigenvalue weighted by atomic mass is 15.3. The van der Waals surface area contributed by atoms with Crippen LogP contribution < -0.4 is 5.43 Å². The number of aromatic nitrogens is 1. The highest BCUT2D eigenvalue weighted by Crippen LogP contribution is 2.30. The molecule has 0 amide bonds. The molecule has 1 N–H and O–H groups in total. The Hall–Kier alpha value is -3.20. The van der Waals surface area contributed by atoms with E-state index in [0.717, 1.165) is 33.1 Å². The highest BCUT2D eigenvalue weighted by Gasteiger charge is 2.07. The fourth-order valence-corrected chi connectivity index (χ4v) is 2.67. The SMILES string of the molecule is C(=N\Nc1c2ccccc2nc2ccccc12)/c1ccccc1. The molecule has 110 valence electrons. The number of pyridine rings is 1. The third kappa shape index (κ3) is 2.64.